The average molecular weight is 358 g/mol. The van der Waals surface area contributed by atoms with Crippen LogP contribution in [0.25, 0.3) is 0 Å². The van der Waals surface area contributed by atoms with Gasteiger partial charge in [-0.1, -0.05) is 11.6 Å². The Kier molecular flexibility index (Phi) is 3.43. The molecule has 3 rings (SSSR count). The molecule has 6 nitrogen and oxygen atoms in total. The summed E-state index contributed by atoms with van der Waals surface area (Å²) in [5, 5.41) is 0.0684. The van der Waals surface area contributed by atoms with Crippen molar-refractivity contribution >= 4 is 23.4 Å². The molecule has 0 N–H and O–H groups in total. The molecule has 0 spiro atoms. The normalized spacial score (nSPS) is 25.6. The summed E-state index contributed by atoms with van der Waals surface area (Å²) in [7, 11) is -1.67. The molecule has 2 aliphatic rings. The van der Waals surface area contributed by atoms with E-state index >= 15 is 0 Å². The van der Waals surface area contributed by atoms with Crippen LogP contribution in [0.15, 0.2) is 6.07 Å². The SMILES string of the molecule is [2H]C([2H])([2H])Oc1c(C(=O)OC)cc(Cl)c2c1OC(C)(C1CCC(=O)CC1)O2. The number of carbonyl (C=O) groups excluding carboxylic acids is 2. The van der Waals surface area contributed by atoms with Crippen LogP contribution in [-0.2, 0) is 9.53 Å². The van der Waals surface area contributed by atoms with E-state index in [0.29, 0.717) is 25.7 Å². The zero-order valence-corrected chi connectivity index (χ0v) is 14.1. The Labute approximate surface area is 149 Å². The van der Waals surface area contributed by atoms with Crippen molar-refractivity contribution in [3.8, 4) is 17.2 Å². The highest BCUT2D eigenvalue weighted by Crippen LogP contribution is 2.54. The summed E-state index contributed by atoms with van der Waals surface area (Å²) >= 11 is 6.25. The Morgan fingerprint density at radius 1 is 1.38 bits per heavy atom. The molecular weight excluding hydrogens is 336 g/mol. The Morgan fingerprint density at radius 3 is 2.67 bits per heavy atom. The highest BCUT2D eigenvalue weighted by molar-refractivity contribution is 6.33. The summed E-state index contributed by atoms with van der Waals surface area (Å²) in [6.45, 7) is 1.70. The number of hydrogen-bond donors (Lipinski definition) is 0. The van der Waals surface area contributed by atoms with Gasteiger partial charge in [0.1, 0.15) is 11.3 Å². The van der Waals surface area contributed by atoms with E-state index in [1.165, 1.54) is 6.07 Å². The molecule has 1 atom stereocenters. The molecule has 1 fully saturated rings. The Morgan fingerprint density at radius 2 is 2.04 bits per heavy atom. The van der Waals surface area contributed by atoms with Gasteiger partial charge in [-0.25, -0.2) is 4.79 Å². The van der Waals surface area contributed by atoms with Crippen LogP contribution in [0.3, 0.4) is 0 Å². The van der Waals surface area contributed by atoms with Crippen molar-refractivity contribution in [3.63, 3.8) is 0 Å². The van der Waals surface area contributed by atoms with E-state index in [1.54, 1.807) is 6.92 Å². The van der Waals surface area contributed by atoms with E-state index < -0.39 is 18.8 Å². The van der Waals surface area contributed by atoms with Crippen LogP contribution in [0.5, 0.6) is 17.2 Å². The van der Waals surface area contributed by atoms with Crippen molar-refractivity contribution in [2.45, 2.75) is 38.4 Å². The fourth-order valence-electron chi connectivity index (χ4n) is 3.20. The average Bonchev–Trinajstić information content (AvgIpc) is 2.96. The largest absolute Gasteiger partial charge is 0.492 e. The predicted molar refractivity (Wildman–Crippen MR) is 86.0 cm³/mol. The molecule has 0 bridgehead atoms. The molecule has 130 valence electrons. The van der Waals surface area contributed by atoms with E-state index in [0.717, 1.165) is 7.11 Å². The number of carbonyl (C=O) groups is 2. The molecular formula is C17H19ClO6. The molecule has 0 amide bonds. The first-order valence-electron chi connectivity index (χ1n) is 9.07. The lowest BCUT2D eigenvalue weighted by atomic mass is 9.83. The Bertz CT molecular complexity index is 784. The first-order chi connectivity index (χ1) is 12.5. The van der Waals surface area contributed by atoms with Crippen molar-refractivity contribution < 1.29 is 32.6 Å². The van der Waals surface area contributed by atoms with Gasteiger partial charge in [0.2, 0.25) is 5.75 Å². The quantitative estimate of drug-likeness (QED) is 0.772. The topological polar surface area (TPSA) is 71.1 Å². The summed E-state index contributed by atoms with van der Waals surface area (Å²) in [5.41, 5.74) is -0.177. The highest BCUT2D eigenvalue weighted by Gasteiger charge is 2.48. The standard InChI is InChI=1S/C17H19ClO6/c1-17(9-4-6-10(19)7-5-9)23-14-12(18)8-11(16(20)22-3)13(21-2)15(14)24-17/h8-9H,4-7H2,1-3H3/i2D3. The van der Waals surface area contributed by atoms with E-state index in [9.17, 15) is 9.59 Å². The zero-order chi connectivity index (χ0) is 20.0. The minimum Gasteiger partial charge on any atom is -0.492 e. The second-order valence-corrected chi connectivity index (χ2v) is 6.43. The summed E-state index contributed by atoms with van der Waals surface area (Å²) < 4.78 is 43.8. The lowest BCUT2D eigenvalue weighted by molar-refractivity contribution is -0.135. The second-order valence-electron chi connectivity index (χ2n) is 6.02. The van der Waals surface area contributed by atoms with Crippen LogP contribution < -0.4 is 14.2 Å². The van der Waals surface area contributed by atoms with E-state index in [2.05, 4.69) is 0 Å². The monoisotopic (exact) mass is 357 g/mol. The third-order valence-corrected chi connectivity index (χ3v) is 4.83. The molecule has 24 heavy (non-hydrogen) atoms. The van der Waals surface area contributed by atoms with Gasteiger partial charge in [0.25, 0.3) is 5.79 Å². The number of hydrogen-bond acceptors (Lipinski definition) is 6. The number of benzene rings is 1. The van der Waals surface area contributed by atoms with Gasteiger partial charge in [0, 0.05) is 25.7 Å². The smallest absolute Gasteiger partial charge is 0.341 e. The minimum absolute atomic E-state index is 0.0570. The number of Topliss-reactive ketones (excluding diaryl/α,β-unsaturated/α-hetero) is 1. The van der Waals surface area contributed by atoms with Crippen molar-refractivity contribution in [2.75, 3.05) is 14.1 Å². The molecule has 0 saturated heterocycles. The fraction of sp³-hybridized carbons (Fsp3) is 0.529. The fourth-order valence-corrected chi connectivity index (χ4v) is 3.43. The molecule has 1 aliphatic heterocycles. The van der Waals surface area contributed by atoms with Gasteiger partial charge in [-0.15, -0.1) is 0 Å². The van der Waals surface area contributed by atoms with Crippen LogP contribution in [0, 0.1) is 5.92 Å². The predicted octanol–water partition coefficient (Wildman–Crippen LogP) is 3.38. The molecule has 1 aromatic carbocycles. The van der Waals surface area contributed by atoms with Crippen molar-refractivity contribution in [1.29, 1.82) is 0 Å². The van der Waals surface area contributed by atoms with Gasteiger partial charge >= 0.3 is 5.97 Å². The summed E-state index contributed by atoms with van der Waals surface area (Å²) in [6.07, 6.45) is 1.98. The van der Waals surface area contributed by atoms with Gasteiger partial charge in [-0.3, -0.25) is 4.79 Å². The number of esters is 1. The first-order valence-corrected chi connectivity index (χ1v) is 7.95. The van der Waals surface area contributed by atoms with Gasteiger partial charge in [-0.2, -0.15) is 0 Å². The van der Waals surface area contributed by atoms with E-state index in [-0.39, 0.29) is 39.5 Å². The maximum absolute atomic E-state index is 12.1. The maximum Gasteiger partial charge on any atom is 0.341 e. The number of fused-ring (bicyclic) bond motifs is 1. The van der Waals surface area contributed by atoms with E-state index in [4.69, 9.17) is 34.7 Å². The zero-order valence-electron chi connectivity index (χ0n) is 16.3. The van der Waals surface area contributed by atoms with Crippen LogP contribution >= 0.6 is 11.6 Å². The van der Waals surface area contributed by atoms with Crippen molar-refractivity contribution in [3.05, 3.63) is 16.7 Å². The third kappa shape index (κ3) is 2.69. The molecule has 0 aromatic heterocycles. The molecule has 7 heteroatoms. The van der Waals surface area contributed by atoms with Crippen molar-refractivity contribution in [1.82, 2.24) is 0 Å². The van der Waals surface area contributed by atoms with Gasteiger partial charge in [0.05, 0.1) is 23.3 Å². The first kappa shape index (κ1) is 13.4. The number of ether oxygens (including phenoxy) is 4. The maximum atomic E-state index is 12.1. The van der Waals surface area contributed by atoms with Crippen LogP contribution in [-0.4, -0.2) is 31.7 Å². The van der Waals surface area contributed by atoms with E-state index in [1.807, 2.05) is 0 Å². The lowest BCUT2D eigenvalue weighted by Gasteiger charge is -2.34. The van der Waals surface area contributed by atoms with Crippen molar-refractivity contribution in [2.24, 2.45) is 5.92 Å². The van der Waals surface area contributed by atoms with Gasteiger partial charge in [0.15, 0.2) is 11.5 Å². The van der Waals surface area contributed by atoms with Gasteiger partial charge in [-0.05, 0) is 18.9 Å². The summed E-state index contributed by atoms with van der Waals surface area (Å²) in [5.74, 6) is -2.17. The molecule has 1 saturated carbocycles. The summed E-state index contributed by atoms with van der Waals surface area (Å²) in [6, 6.07) is 1.23. The molecule has 1 aromatic rings. The molecule has 0 radical (unpaired) electrons. The minimum atomic E-state index is -2.83. The molecule has 1 heterocycles. The Hall–Kier alpha value is -1.95. The third-order valence-electron chi connectivity index (χ3n) is 4.55. The number of rotatable bonds is 3. The number of halogens is 1. The second kappa shape index (κ2) is 6.16. The van der Waals surface area contributed by atoms with Crippen LogP contribution in [0.2, 0.25) is 5.02 Å². The lowest BCUT2D eigenvalue weighted by Crippen LogP contribution is -2.44. The number of methoxy groups -OCH3 is 2. The molecule has 1 unspecified atom stereocenters. The van der Waals surface area contributed by atoms with Crippen LogP contribution in [0.4, 0.5) is 0 Å². The van der Waals surface area contributed by atoms with Crippen LogP contribution in [0.1, 0.15) is 47.1 Å². The van der Waals surface area contributed by atoms with Gasteiger partial charge < -0.3 is 18.9 Å². The highest BCUT2D eigenvalue weighted by atomic mass is 35.5. The summed E-state index contributed by atoms with van der Waals surface area (Å²) in [4.78, 5) is 23.6. The number of ketones is 1. The molecule has 1 aliphatic carbocycles. The Balaban J connectivity index is 2.03.